The van der Waals surface area contributed by atoms with Crippen molar-refractivity contribution in [1.29, 1.82) is 5.26 Å². The average molecular weight is 261 g/mol. The van der Waals surface area contributed by atoms with Crippen LogP contribution in [0.4, 0.5) is 11.4 Å². The van der Waals surface area contributed by atoms with Gasteiger partial charge in [0.25, 0.3) is 5.69 Å². The largest absolute Gasteiger partial charge is 0.383 e. The number of rotatable bonds is 6. The van der Waals surface area contributed by atoms with Gasteiger partial charge < -0.3 is 10.1 Å². The summed E-state index contributed by atoms with van der Waals surface area (Å²) < 4.78 is 5.14. The highest BCUT2D eigenvalue weighted by Gasteiger charge is 2.32. The summed E-state index contributed by atoms with van der Waals surface area (Å²) in [5.74, 6) is 0.509. The van der Waals surface area contributed by atoms with E-state index in [2.05, 4.69) is 5.32 Å². The molecule has 1 aromatic rings. The van der Waals surface area contributed by atoms with Gasteiger partial charge in [-0.05, 0) is 30.9 Å². The summed E-state index contributed by atoms with van der Waals surface area (Å²) in [5.41, 5.74) is 0.658. The lowest BCUT2D eigenvalue weighted by molar-refractivity contribution is -0.384. The molecule has 2 rings (SSSR count). The molecule has 0 aliphatic heterocycles. The van der Waals surface area contributed by atoms with Crippen molar-refractivity contribution in [2.45, 2.75) is 18.9 Å². The van der Waals surface area contributed by atoms with Crippen molar-refractivity contribution in [3.8, 4) is 6.07 Å². The second kappa shape index (κ2) is 5.67. The van der Waals surface area contributed by atoms with Crippen LogP contribution in [-0.2, 0) is 4.74 Å². The SMILES string of the molecule is COCC(Nc1ccc(C#N)cc1[N+](=O)[O-])C1CC1. The van der Waals surface area contributed by atoms with Crippen molar-refractivity contribution in [2.75, 3.05) is 19.0 Å². The van der Waals surface area contributed by atoms with Crippen LogP contribution in [0.1, 0.15) is 18.4 Å². The number of hydrogen-bond donors (Lipinski definition) is 1. The number of nitrogens with one attached hydrogen (secondary N) is 1. The van der Waals surface area contributed by atoms with Crippen LogP contribution in [0.2, 0.25) is 0 Å². The molecule has 6 heteroatoms. The molecule has 0 heterocycles. The molecule has 0 amide bonds. The van der Waals surface area contributed by atoms with E-state index in [4.69, 9.17) is 10.00 Å². The Labute approximate surface area is 111 Å². The molecule has 6 nitrogen and oxygen atoms in total. The van der Waals surface area contributed by atoms with Gasteiger partial charge in [-0.3, -0.25) is 10.1 Å². The molecule has 100 valence electrons. The molecule has 1 N–H and O–H groups in total. The van der Waals surface area contributed by atoms with Gasteiger partial charge in [0.2, 0.25) is 0 Å². The Kier molecular flexibility index (Phi) is 3.97. The zero-order chi connectivity index (χ0) is 13.8. The summed E-state index contributed by atoms with van der Waals surface area (Å²) in [7, 11) is 1.62. The van der Waals surface area contributed by atoms with Gasteiger partial charge in [0.05, 0.1) is 29.2 Å². The standard InChI is InChI=1S/C13H15N3O3/c1-19-8-12(10-3-4-10)15-11-5-2-9(7-14)6-13(11)16(17)18/h2,5-6,10,12,15H,3-4,8H2,1H3. The third-order valence-corrected chi connectivity index (χ3v) is 3.20. The van der Waals surface area contributed by atoms with Gasteiger partial charge in [0, 0.05) is 13.2 Å². The number of ether oxygens (including phenoxy) is 1. The zero-order valence-electron chi connectivity index (χ0n) is 10.6. The van der Waals surface area contributed by atoms with Crippen molar-refractivity contribution < 1.29 is 9.66 Å². The minimum absolute atomic E-state index is 0.0687. The van der Waals surface area contributed by atoms with E-state index < -0.39 is 4.92 Å². The Morgan fingerprint density at radius 3 is 2.89 bits per heavy atom. The van der Waals surface area contributed by atoms with Gasteiger partial charge in [-0.2, -0.15) is 5.26 Å². The molecule has 1 aromatic carbocycles. The third-order valence-electron chi connectivity index (χ3n) is 3.20. The van der Waals surface area contributed by atoms with Gasteiger partial charge in [-0.1, -0.05) is 0 Å². The lowest BCUT2D eigenvalue weighted by atomic mass is 10.1. The highest BCUT2D eigenvalue weighted by molar-refractivity contribution is 5.64. The van der Waals surface area contributed by atoms with Crippen LogP contribution < -0.4 is 5.32 Å². The highest BCUT2D eigenvalue weighted by Crippen LogP contribution is 2.36. The molecule has 0 aromatic heterocycles. The molecule has 0 radical (unpaired) electrons. The number of anilines is 1. The summed E-state index contributed by atoms with van der Waals surface area (Å²) in [6, 6.07) is 6.44. The molecule has 1 unspecified atom stereocenters. The fourth-order valence-electron chi connectivity index (χ4n) is 2.05. The van der Waals surface area contributed by atoms with Crippen LogP contribution in [-0.4, -0.2) is 24.7 Å². The van der Waals surface area contributed by atoms with Crippen LogP contribution in [0.15, 0.2) is 18.2 Å². The van der Waals surface area contributed by atoms with E-state index in [0.717, 1.165) is 12.8 Å². The molecule has 1 aliphatic carbocycles. The monoisotopic (exact) mass is 261 g/mol. The van der Waals surface area contributed by atoms with Crippen molar-refractivity contribution in [3.05, 3.63) is 33.9 Å². The Bertz CT molecular complexity index is 520. The Hall–Kier alpha value is -2.13. The van der Waals surface area contributed by atoms with Crippen molar-refractivity contribution in [2.24, 2.45) is 5.92 Å². The van der Waals surface area contributed by atoms with Gasteiger partial charge in [0.1, 0.15) is 5.69 Å². The number of methoxy groups -OCH3 is 1. The highest BCUT2D eigenvalue weighted by atomic mass is 16.6. The summed E-state index contributed by atoms with van der Waals surface area (Å²) in [6.07, 6.45) is 2.23. The quantitative estimate of drug-likeness (QED) is 0.627. The van der Waals surface area contributed by atoms with E-state index in [-0.39, 0.29) is 17.3 Å². The first-order valence-corrected chi connectivity index (χ1v) is 6.09. The molecular formula is C13H15N3O3. The molecular weight excluding hydrogens is 246 g/mol. The van der Waals surface area contributed by atoms with Crippen LogP contribution >= 0.6 is 0 Å². The first-order chi connectivity index (χ1) is 9.15. The van der Waals surface area contributed by atoms with Gasteiger partial charge in [-0.25, -0.2) is 0 Å². The zero-order valence-corrected chi connectivity index (χ0v) is 10.6. The minimum atomic E-state index is -0.472. The summed E-state index contributed by atoms with van der Waals surface area (Å²) >= 11 is 0. The number of benzene rings is 1. The number of nitrogens with zero attached hydrogens (tertiary/aromatic N) is 2. The summed E-state index contributed by atoms with van der Waals surface area (Å²) in [5, 5.41) is 23.0. The summed E-state index contributed by atoms with van der Waals surface area (Å²) in [4.78, 5) is 10.6. The lowest BCUT2D eigenvalue weighted by Crippen LogP contribution is -2.27. The first-order valence-electron chi connectivity index (χ1n) is 6.09. The smallest absolute Gasteiger partial charge is 0.293 e. The second-order valence-corrected chi connectivity index (χ2v) is 4.64. The first kappa shape index (κ1) is 13.3. The maximum Gasteiger partial charge on any atom is 0.293 e. The van der Waals surface area contributed by atoms with Crippen molar-refractivity contribution >= 4 is 11.4 Å². The van der Waals surface area contributed by atoms with E-state index in [1.54, 1.807) is 19.2 Å². The second-order valence-electron chi connectivity index (χ2n) is 4.64. The van der Waals surface area contributed by atoms with Crippen molar-refractivity contribution in [1.82, 2.24) is 0 Å². The van der Waals surface area contributed by atoms with Gasteiger partial charge in [-0.15, -0.1) is 0 Å². The van der Waals surface area contributed by atoms with Crippen LogP contribution in [0.3, 0.4) is 0 Å². The fraction of sp³-hybridized carbons (Fsp3) is 0.462. The molecule has 0 bridgehead atoms. The number of nitro groups is 1. The molecule has 1 aliphatic rings. The fourth-order valence-corrected chi connectivity index (χ4v) is 2.05. The van der Waals surface area contributed by atoms with E-state index in [9.17, 15) is 10.1 Å². The van der Waals surface area contributed by atoms with Crippen LogP contribution in [0, 0.1) is 27.4 Å². The van der Waals surface area contributed by atoms with Gasteiger partial charge >= 0.3 is 0 Å². The maximum atomic E-state index is 11.0. The van der Waals surface area contributed by atoms with E-state index >= 15 is 0 Å². The summed E-state index contributed by atoms with van der Waals surface area (Å²) in [6.45, 7) is 0.516. The average Bonchev–Trinajstić information content (AvgIpc) is 3.22. The third kappa shape index (κ3) is 3.20. The molecule has 1 atom stereocenters. The number of hydrogen-bond acceptors (Lipinski definition) is 5. The van der Waals surface area contributed by atoms with E-state index in [1.807, 2.05) is 6.07 Å². The van der Waals surface area contributed by atoms with Crippen LogP contribution in [0.5, 0.6) is 0 Å². The molecule has 19 heavy (non-hydrogen) atoms. The number of nitriles is 1. The Morgan fingerprint density at radius 2 is 2.37 bits per heavy atom. The normalized spacial score (nSPS) is 15.6. The Morgan fingerprint density at radius 1 is 1.63 bits per heavy atom. The van der Waals surface area contributed by atoms with Crippen LogP contribution in [0.25, 0.3) is 0 Å². The minimum Gasteiger partial charge on any atom is -0.383 e. The lowest BCUT2D eigenvalue weighted by Gasteiger charge is -2.18. The molecule has 0 spiro atoms. The maximum absolute atomic E-state index is 11.0. The van der Waals surface area contributed by atoms with Gasteiger partial charge in [0.15, 0.2) is 0 Å². The topological polar surface area (TPSA) is 88.2 Å². The molecule has 1 fully saturated rings. The number of nitro benzene ring substituents is 1. The Balaban J connectivity index is 2.23. The predicted molar refractivity (Wildman–Crippen MR) is 69.8 cm³/mol. The van der Waals surface area contributed by atoms with E-state index in [1.165, 1.54) is 6.07 Å². The predicted octanol–water partition coefficient (Wildman–Crippen LogP) is 2.30. The molecule has 1 saturated carbocycles. The van der Waals surface area contributed by atoms with Crippen molar-refractivity contribution in [3.63, 3.8) is 0 Å². The van der Waals surface area contributed by atoms with E-state index in [0.29, 0.717) is 18.2 Å². The molecule has 0 saturated heterocycles.